The summed E-state index contributed by atoms with van der Waals surface area (Å²) in [4.78, 5) is 13.7. The molecular formula is C18H26BrCl2NO2. The summed E-state index contributed by atoms with van der Waals surface area (Å²) >= 11 is 14.3. The van der Waals surface area contributed by atoms with Gasteiger partial charge in [0.05, 0.1) is 6.61 Å². The van der Waals surface area contributed by atoms with E-state index in [0.29, 0.717) is 12.5 Å². The smallest absolute Gasteiger partial charge is 0.254 e. The number of unbranched alkanes of at least 4 members (excludes halogenated alkanes) is 2. The average molecular weight is 439 g/mol. The minimum atomic E-state index is 0.0856. The molecule has 0 aliphatic carbocycles. The summed E-state index contributed by atoms with van der Waals surface area (Å²) in [6.45, 7) is 1.44. The van der Waals surface area contributed by atoms with E-state index in [4.69, 9.17) is 27.9 Å². The molecule has 0 bridgehead atoms. The highest BCUT2D eigenvalue weighted by atomic mass is 79.9. The zero-order valence-corrected chi connectivity index (χ0v) is 17.3. The second-order valence-electron chi connectivity index (χ2n) is 5.63. The molecule has 2 rings (SSSR count). The number of carbonyl (C=O) groups is 1. The second kappa shape index (κ2) is 12.8. The number of alkyl halides is 3. The van der Waals surface area contributed by atoms with Crippen LogP contribution < -0.4 is 4.74 Å². The Morgan fingerprint density at radius 1 is 1.17 bits per heavy atom. The number of carbonyl (C=O) groups excluding carboxylic acids is 1. The third-order valence-electron chi connectivity index (χ3n) is 3.69. The van der Waals surface area contributed by atoms with Crippen molar-refractivity contribution < 1.29 is 9.53 Å². The Bertz CT molecular complexity index is 496. The minimum Gasteiger partial charge on any atom is -0.494 e. The van der Waals surface area contributed by atoms with E-state index in [2.05, 4.69) is 15.9 Å². The zero-order chi connectivity index (χ0) is 17.8. The van der Waals surface area contributed by atoms with Gasteiger partial charge in [0, 0.05) is 36.2 Å². The molecule has 1 aromatic carbocycles. The Labute approximate surface area is 163 Å². The molecule has 0 fully saturated rings. The number of nitrogens with zero attached hydrogens (tertiary/aromatic N) is 1. The van der Waals surface area contributed by atoms with Gasteiger partial charge < -0.3 is 9.64 Å². The van der Waals surface area contributed by atoms with Gasteiger partial charge in [-0.1, -0.05) is 22.0 Å². The van der Waals surface area contributed by atoms with Crippen LogP contribution in [0.15, 0.2) is 18.2 Å². The van der Waals surface area contributed by atoms with Gasteiger partial charge in [-0.25, -0.2) is 0 Å². The van der Waals surface area contributed by atoms with Gasteiger partial charge in [0.1, 0.15) is 5.75 Å². The summed E-state index contributed by atoms with van der Waals surface area (Å²) in [6, 6.07) is 5.79. The van der Waals surface area contributed by atoms with Crippen molar-refractivity contribution in [1.82, 2.24) is 4.90 Å². The summed E-state index contributed by atoms with van der Waals surface area (Å²) < 4.78 is 5.63. The molecule has 1 aliphatic heterocycles. The van der Waals surface area contributed by atoms with E-state index in [9.17, 15) is 4.79 Å². The summed E-state index contributed by atoms with van der Waals surface area (Å²) in [6.07, 6.45) is 5.14. The summed E-state index contributed by atoms with van der Waals surface area (Å²) in [5.41, 5.74) is 1.89. The molecule has 1 aliphatic rings. The van der Waals surface area contributed by atoms with Gasteiger partial charge in [0.25, 0.3) is 5.91 Å². The molecule has 0 unspecified atom stereocenters. The Balaban J connectivity index is 0.000000413. The molecule has 0 saturated carbocycles. The zero-order valence-electron chi connectivity index (χ0n) is 14.2. The Hall–Kier alpha value is -0.450. The maximum Gasteiger partial charge on any atom is 0.254 e. The molecule has 3 nitrogen and oxygen atoms in total. The van der Waals surface area contributed by atoms with Crippen molar-refractivity contribution in [2.75, 3.05) is 37.3 Å². The van der Waals surface area contributed by atoms with Crippen LogP contribution in [0.1, 0.15) is 41.6 Å². The van der Waals surface area contributed by atoms with Crippen molar-refractivity contribution in [3.05, 3.63) is 29.3 Å². The Kier molecular flexibility index (Phi) is 11.6. The van der Waals surface area contributed by atoms with Crippen molar-refractivity contribution in [3.8, 4) is 5.75 Å². The highest BCUT2D eigenvalue weighted by Crippen LogP contribution is 2.23. The second-order valence-corrected chi connectivity index (χ2v) is 7.17. The number of likely N-dealkylation sites (N-methyl/N-ethyl adjacent to an activating group) is 1. The largest absolute Gasteiger partial charge is 0.494 e. The SMILES string of the molecule is CN1CCc2ccc(OCCCCCl)cc2C1=O.ClCCCCBr. The molecule has 0 saturated heterocycles. The van der Waals surface area contributed by atoms with E-state index in [1.165, 1.54) is 6.42 Å². The lowest BCUT2D eigenvalue weighted by molar-refractivity contribution is 0.0780. The van der Waals surface area contributed by atoms with Crippen LogP contribution in [-0.2, 0) is 6.42 Å². The Morgan fingerprint density at radius 2 is 1.88 bits per heavy atom. The average Bonchev–Trinajstić information content (AvgIpc) is 2.61. The third-order valence-corrected chi connectivity index (χ3v) is 4.78. The van der Waals surface area contributed by atoms with Crippen LogP contribution >= 0.6 is 39.1 Å². The first-order chi connectivity index (χ1) is 11.6. The van der Waals surface area contributed by atoms with Gasteiger partial charge in [-0.2, -0.15) is 0 Å². The molecule has 0 spiro atoms. The number of ether oxygens (including phenoxy) is 1. The van der Waals surface area contributed by atoms with Gasteiger partial charge in [0.2, 0.25) is 0 Å². The van der Waals surface area contributed by atoms with Crippen molar-refractivity contribution in [3.63, 3.8) is 0 Å². The van der Waals surface area contributed by atoms with Gasteiger partial charge in [0.15, 0.2) is 0 Å². The highest BCUT2D eigenvalue weighted by Gasteiger charge is 2.21. The summed E-state index contributed by atoms with van der Waals surface area (Å²) in [5, 5.41) is 1.08. The molecule has 0 N–H and O–H groups in total. The first kappa shape index (κ1) is 21.6. The minimum absolute atomic E-state index is 0.0856. The number of rotatable bonds is 8. The van der Waals surface area contributed by atoms with Crippen LogP contribution in [0.3, 0.4) is 0 Å². The van der Waals surface area contributed by atoms with Gasteiger partial charge >= 0.3 is 0 Å². The molecule has 24 heavy (non-hydrogen) atoms. The lowest BCUT2D eigenvalue weighted by Gasteiger charge is -2.25. The normalized spacial score (nSPS) is 13.2. The summed E-state index contributed by atoms with van der Waals surface area (Å²) in [5.74, 6) is 2.32. The van der Waals surface area contributed by atoms with Crippen LogP contribution in [-0.4, -0.2) is 48.1 Å². The monoisotopic (exact) mass is 437 g/mol. The number of fused-ring (bicyclic) bond motifs is 1. The number of hydrogen-bond acceptors (Lipinski definition) is 2. The fourth-order valence-electron chi connectivity index (χ4n) is 2.23. The first-order valence-electron chi connectivity index (χ1n) is 8.33. The molecule has 1 aromatic rings. The van der Waals surface area contributed by atoms with Gasteiger partial charge in [-0.3, -0.25) is 4.79 Å². The maximum atomic E-state index is 12.0. The van der Waals surface area contributed by atoms with E-state index in [1.54, 1.807) is 4.90 Å². The topological polar surface area (TPSA) is 29.5 Å². The number of amides is 1. The molecule has 1 heterocycles. The van der Waals surface area contributed by atoms with Crippen molar-refractivity contribution in [1.29, 1.82) is 0 Å². The van der Waals surface area contributed by atoms with Crippen molar-refractivity contribution in [2.24, 2.45) is 0 Å². The number of hydrogen-bond donors (Lipinski definition) is 0. The number of benzene rings is 1. The molecule has 1 amide bonds. The van der Waals surface area contributed by atoms with Gasteiger partial charge in [-0.05, 0) is 49.8 Å². The van der Waals surface area contributed by atoms with Gasteiger partial charge in [-0.15, -0.1) is 23.2 Å². The van der Waals surface area contributed by atoms with E-state index in [1.807, 2.05) is 25.2 Å². The molecule has 0 radical (unpaired) electrons. The predicted octanol–water partition coefficient (Wildman–Crippen LogP) is 5.11. The Morgan fingerprint density at radius 3 is 2.50 bits per heavy atom. The van der Waals surface area contributed by atoms with E-state index in [-0.39, 0.29) is 5.91 Å². The lowest BCUT2D eigenvalue weighted by atomic mass is 9.99. The predicted molar refractivity (Wildman–Crippen MR) is 106 cm³/mol. The van der Waals surface area contributed by atoms with E-state index >= 15 is 0 Å². The van der Waals surface area contributed by atoms with Crippen LogP contribution in [0.2, 0.25) is 0 Å². The first-order valence-corrected chi connectivity index (χ1v) is 10.5. The lowest BCUT2D eigenvalue weighted by Crippen LogP contribution is -2.34. The molecule has 6 heteroatoms. The molecular weight excluding hydrogens is 413 g/mol. The van der Waals surface area contributed by atoms with E-state index < -0.39 is 0 Å². The van der Waals surface area contributed by atoms with Crippen molar-refractivity contribution >= 4 is 45.0 Å². The molecule has 136 valence electrons. The standard InChI is InChI=1S/C14H18ClNO2.C4H8BrCl/c1-16-8-6-11-4-5-12(10-13(11)14(16)17)18-9-3-2-7-15;5-3-1-2-4-6/h4-5,10H,2-3,6-9H2,1H3;1-4H2. The molecule has 0 atom stereocenters. The quantitative estimate of drug-likeness (QED) is 0.416. The maximum absolute atomic E-state index is 12.0. The van der Waals surface area contributed by atoms with Crippen molar-refractivity contribution in [2.45, 2.75) is 32.1 Å². The molecule has 0 aromatic heterocycles. The van der Waals surface area contributed by atoms with E-state index in [0.717, 1.165) is 60.3 Å². The van der Waals surface area contributed by atoms with Crippen LogP contribution in [0, 0.1) is 0 Å². The number of halogens is 3. The summed E-state index contributed by atoms with van der Waals surface area (Å²) in [7, 11) is 1.83. The fourth-order valence-corrected chi connectivity index (χ4v) is 3.01. The van der Waals surface area contributed by atoms with Crippen LogP contribution in [0.4, 0.5) is 0 Å². The van der Waals surface area contributed by atoms with Crippen LogP contribution in [0.25, 0.3) is 0 Å². The third kappa shape index (κ3) is 7.62. The van der Waals surface area contributed by atoms with Crippen LogP contribution in [0.5, 0.6) is 5.75 Å². The fraction of sp³-hybridized carbons (Fsp3) is 0.611. The highest BCUT2D eigenvalue weighted by molar-refractivity contribution is 9.09.